The van der Waals surface area contributed by atoms with Crippen LogP contribution in [-0.2, 0) is 10.0 Å². The van der Waals surface area contributed by atoms with Crippen LogP contribution < -0.4 is 5.32 Å². The third kappa shape index (κ3) is 3.34. The smallest absolute Gasteiger partial charge is 0.318 e. The highest BCUT2D eigenvalue weighted by molar-refractivity contribution is 7.89. The van der Waals surface area contributed by atoms with E-state index in [0.29, 0.717) is 31.3 Å². The van der Waals surface area contributed by atoms with Crippen molar-refractivity contribution in [1.29, 1.82) is 0 Å². The molecule has 3 aliphatic rings. The van der Waals surface area contributed by atoms with E-state index in [2.05, 4.69) is 15.6 Å². The maximum Gasteiger partial charge on any atom is 0.318 e. The van der Waals surface area contributed by atoms with Gasteiger partial charge in [-0.15, -0.1) is 0 Å². The highest BCUT2D eigenvalue weighted by atomic mass is 32.2. The molecule has 162 valence electrons. The summed E-state index contributed by atoms with van der Waals surface area (Å²) in [6.45, 7) is 0.596. The van der Waals surface area contributed by atoms with Crippen molar-refractivity contribution in [3.05, 3.63) is 18.2 Å². The van der Waals surface area contributed by atoms with E-state index in [1.54, 1.807) is 12.1 Å². The van der Waals surface area contributed by atoms with Gasteiger partial charge in [0, 0.05) is 31.2 Å². The van der Waals surface area contributed by atoms with E-state index in [0.717, 1.165) is 19.3 Å². The second-order valence-corrected chi connectivity index (χ2v) is 10.4. The number of aromatic nitrogens is 2. The summed E-state index contributed by atoms with van der Waals surface area (Å²) in [6.07, 6.45) is 4.10. The van der Waals surface area contributed by atoms with Crippen LogP contribution in [0.3, 0.4) is 0 Å². The number of hydrogen-bond acceptors (Lipinski definition) is 7. The van der Waals surface area contributed by atoms with Gasteiger partial charge in [-0.3, -0.25) is 0 Å². The predicted molar refractivity (Wildman–Crippen MR) is 106 cm³/mol. The number of hydrogen-bond donors (Lipinski definition) is 2. The van der Waals surface area contributed by atoms with Gasteiger partial charge in [0.15, 0.2) is 5.52 Å². The third-order valence-corrected chi connectivity index (χ3v) is 8.42. The molecular formula is C19H25N5O5S. The van der Waals surface area contributed by atoms with Crippen LogP contribution in [0.1, 0.15) is 38.5 Å². The van der Waals surface area contributed by atoms with Crippen molar-refractivity contribution >= 4 is 27.1 Å². The maximum absolute atomic E-state index is 13.2. The molecule has 0 saturated carbocycles. The Bertz CT molecular complexity index is 1040. The maximum atomic E-state index is 13.2. The highest BCUT2D eigenvalue weighted by Gasteiger charge is 2.43. The lowest BCUT2D eigenvalue weighted by Crippen LogP contribution is -2.57. The number of aliphatic hydroxyl groups excluding tert-OH is 1. The standard InChI is InChI=1S/C19H25N5O5S/c25-15-9-13-6-7-14(10-15)24(13)19(26)20-12-3-2-8-23(11-12)30(27,28)17-5-1-4-16-18(17)22-29-21-16/h1,4-5,12-15,25H,2-3,6-11H2,(H,20,26)/t12-,13-,14+,15+/m0/s1. The van der Waals surface area contributed by atoms with E-state index in [4.69, 9.17) is 4.63 Å². The molecule has 5 rings (SSSR count). The van der Waals surface area contributed by atoms with Gasteiger partial charge < -0.3 is 15.3 Å². The first-order chi connectivity index (χ1) is 14.4. The van der Waals surface area contributed by atoms with Crippen LogP contribution in [0.4, 0.5) is 4.79 Å². The second-order valence-electron chi connectivity index (χ2n) is 8.46. The molecule has 0 unspecified atom stereocenters. The molecule has 0 aliphatic carbocycles. The number of sulfonamides is 1. The third-order valence-electron chi connectivity index (χ3n) is 6.52. The number of fused-ring (bicyclic) bond motifs is 3. The fourth-order valence-corrected chi connectivity index (χ4v) is 6.80. The molecule has 0 radical (unpaired) electrons. The predicted octanol–water partition coefficient (Wildman–Crippen LogP) is 1.07. The molecule has 1 aromatic carbocycles. The van der Waals surface area contributed by atoms with E-state index < -0.39 is 10.0 Å². The summed E-state index contributed by atoms with van der Waals surface area (Å²) < 4.78 is 32.6. The van der Waals surface area contributed by atoms with Crippen LogP contribution in [0.2, 0.25) is 0 Å². The average molecular weight is 436 g/mol. The molecular weight excluding hydrogens is 410 g/mol. The quantitative estimate of drug-likeness (QED) is 0.738. The van der Waals surface area contributed by atoms with Crippen molar-refractivity contribution in [2.24, 2.45) is 0 Å². The van der Waals surface area contributed by atoms with Crippen LogP contribution in [-0.4, -0.2) is 76.4 Å². The van der Waals surface area contributed by atoms with Crippen molar-refractivity contribution in [1.82, 2.24) is 24.8 Å². The Morgan fingerprint density at radius 3 is 2.70 bits per heavy atom. The Balaban J connectivity index is 1.30. The van der Waals surface area contributed by atoms with E-state index in [1.807, 2.05) is 4.90 Å². The Labute approximate surface area is 174 Å². The number of nitrogens with zero attached hydrogens (tertiary/aromatic N) is 4. The first-order valence-corrected chi connectivity index (χ1v) is 11.9. The van der Waals surface area contributed by atoms with Gasteiger partial charge in [-0.2, -0.15) is 4.31 Å². The van der Waals surface area contributed by atoms with Crippen molar-refractivity contribution in [3.8, 4) is 0 Å². The van der Waals surface area contributed by atoms with Gasteiger partial charge in [-0.05, 0) is 61.0 Å². The minimum absolute atomic E-state index is 0.0660. The molecule has 2 bridgehead atoms. The molecule has 3 fully saturated rings. The minimum Gasteiger partial charge on any atom is -0.393 e. The number of nitrogens with one attached hydrogen (secondary N) is 1. The first-order valence-electron chi connectivity index (χ1n) is 10.4. The first kappa shape index (κ1) is 19.7. The Morgan fingerprint density at radius 2 is 1.93 bits per heavy atom. The Morgan fingerprint density at radius 1 is 1.17 bits per heavy atom. The fraction of sp³-hybridized carbons (Fsp3) is 0.632. The molecule has 2 aromatic rings. The molecule has 0 spiro atoms. The number of aliphatic hydroxyl groups is 1. The van der Waals surface area contributed by atoms with E-state index in [9.17, 15) is 18.3 Å². The SMILES string of the molecule is O=C(N[C@H]1CCCN(S(=O)(=O)c2cccc3nonc23)C1)N1[C@@H]2CC[C@H]1C[C@@H](O)C2. The lowest BCUT2D eigenvalue weighted by Gasteiger charge is -2.39. The number of rotatable bonds is 3. The zero-order valence-corrected chi connectivity index (χ0v) is 17.3. The van der Waals surface area contributed by atoms with Crippen LogP contribution in [0.15, 0.2) is 27.7 Å². The number of amides is 2. The van der Waals surface area contributed by atoms with Crippen LogP contribution in [0, 0.1) is 0 Å². The molecule has 11 heteroatoms. The molecule has 4 atom stereocenters. The van der Waals surface area contributed by atoms with Crippen molar-refractivity contribution in [3.63, 3.8) is 0 Å². The topological polar surface area (TPSA) is 129 Å². The van der Waals surface area contributed by atoms with E-state index >= 15 is 0 Å². The summed E-state index contributed by atoms with van der Waals surface area (Å²) in [5.41, 5.74) is 0.604. The van der Waals surface area contributed by atoms with Crippen LogP contribution in [0.5, 0.6) is 0 Å². The molecule has 4 heterocycles. The monoisotopic (exact) mass is 435 g/mol. The highest BCUT2D eigenvalue weighted by Crippen LogP contribution is 2.36. The summed E-state index contributed by atoms with van der Waals surface area (Å²) in [5, 5.41) is 20.5. The summed E-state index contributed by atoms with van der Waals surface area (Å²) in [7, 11) is -3.80. The zero-order valence-electron chi connectivity index (χ0n) is 16.5. The average Bonchev–Trinajstić information content (AvgIpc) is 3.30. The molecule has 2 N–H and O–H groups in total. The van der Waals surface area contributed by atoms with Gasteiger partial charge >= 0.3 is 6.03 Å². The number of carbonyl (C=O) groups excluding carboxylic acids is 1. The summed E-state index contributed by atoms with van der Waals surface area (Å²) in [5.74, 6) is 0. The van der Waals surface area contributed by atoms with Gasteiger partial charge in [0.2, 0.25) is 10.0 Å². The van der Waals surface area contributed by atoms with Gasteiger partial charge in [0.25, 0.3) is 0 Å². The summed E-state index contributed by atoms with van der Waals surface area (Å²) in [4.78, 5) is 14.9. The Hall–Kier alpha value is -2.24. The van der Waals surface area contributed by atoms with Gasteiger partial charge in [-0.1, -0.05) is 6.07 Å². The van der Waals surface area contributed by atoms with Gasteiger partial charge in [0.05, 0.1) is 6.10 Å². The summed E-state index contributed by atoms with van der Waals surface area (Å²) >= 11 is 0. The van der Waals surface area contributed by atoms with Gasteiger partial charge in [-0.25, -0.2) is 17.8 Å². The number of carbonyl (C=O) groups is 1. The second kappa shape index (κ2) is 7.47. The molecule has 3 aliphatic heterocycles. The van der Waals surface area contributed by atoms with Crippen molar-refractivity contribution in [2.75, 3.05) is 13.1 Å². The largest absolute Gasteiger partial charge is 0.393 e. The minimum atomic E-state index is -3.80. The molecule has 10 nitrogen and oxygen atoms in total. The van der Waals surface area contributed by atoms with Gasteiger partial charge in [0.1, 0.15) is 10.4 Å². The van der Waals surface area contributed by atoms with E-state index in [-0.39, 0.29) is 47.2 Å². The molecule has 30 heavy (non-hydrogen) atoms. The number of benzene rings is 1. The molecule has 3 saturated heterocycles. The van der Waals surface area contributed by atoms with E-state index in [1.165, 1.54) is 10.4 Å². The van der Waals surface area contributed by atoms with Crippen LogP contribution >= 0.6 is 0 Å². The van der Waals surface area contributed by atoms with Crippen molar-refractivity contribution < 1.29 is 22.9 Å². The number of piperidine rings is 2. The lowest BCUT2D eigenvalue weighted by atomic mass is 10.0. The lowest BCUT2D eigenvalue weighted by molar-refractivity contribution is 0.0528. The van der Waals surface area contributed by atoms with Crippen molar-refractivity contribution in [2.45, 2.75) is 67.6 Å². The fourth-order valence-electron chi connectivity index (χ4n) is 5.14. The zero-order chi connectivity index (χ0) is 20.9. The molecule has 2 amide bonds. The summed E-state index contributed by atoms with van der Waals surface area (Å²) in [6, 6.07) is 4.49. The Kier molecular flexibility index (Phi) is 4.91. The molecule has 1 aromatic heterocycles. The van der Waals surface area contributed by atoms with Crippen LogP contribution in [0.25, 0.3) is 11.0 Å². The normalized spacial score (nSPS) is 30.0. The number of urea groups is 1.